The van der Waals surface area contributed by atoms with Crippen LogP contribution in [0, 0.1) is 0 Å². The van der Waals surface area contributed by atoms with Gasteiger partial charge in [0, 0.05) is 20.3 Å². The Balaban J connectivity index is 1.91. The number of rotatable bonds is 9. The van der Waals surface area contributed by atoms with E-state index in [1.165, 1.54) is 0 Å². The van der Waals surface area contributed by atoms with Gasteiger partial charge in [-0.05, 0) is 23.3 Å². The molecule has 0 saturated heterocycles. The molecule has 0 atom stereocenters. The lowest BCUT2D eigenvalue weighted by Crippen LogP contribution is -2.09. The van der Waals surface area contributed by atoms with Crippen LogP contribution in [-0.4, -0.2) is 39.8 Å². The Morgan fingerprint density at radius 2 is 1.86 bits per heavy atom. The summed E-state index contributed by atoms with van der Waals surface area (Å²) in [7, 11) is 1.67. The molecule has 0 N–H and O–H groups in total. The predicted octanol–water partition coefficient (Wildman–Crippen LogP) is 3.08. The second kappa shape index (κ2) is 8.39. The molecule has 0 radical (unpaired) electrons. The maximum absolute atomic E-state index is 11.3. The first-order chi connectivity index (χ1) is 10.4. The second-order valence-electron chi connectivity index (χ2n) is 4.62. The first-order valence-electron chi connectivity index (χ1n) is 7.03. The number of carbonyl (C=O) groups excluding carboxylic acids is 1. The van der Waals surface area contributed by atoms with Crippen LogP contribution in [0.1, 0.15) is 16.8 Å². The molecule has 0 aromatic heterocycles. The number of ether oxygens (including phenoxy) is 3. The van der Waals surface area contributed by atoms with E-state index in [2.05, 4.69) is 0 Å². The Labute approximate surface area is 124 Å². The highest BCUT2D eigenvalue weighted by Gasteiger charge is 2.07. The van der Waals surface area contributed by atoms with Gasteiger partial charge in [-0.15, -0.1) is 0 Å². The molecule has 2 aromatic carbocycles. The monoisotopic (exact) mass is 288 g/mol. The first-order valence-corrected chi connectivity index (χ1v) is 7.03. The fourth-order valence-corrected chi connectivity index (χ4v) is 2.14. The summed E-state index contributed by atoms with van der Waals surface area (Å²) in [4.78, 5) is 11.3. The number of aldehydes is 1. The minimum atomic E-state index is 0.423. The van der Waals surface area contributed by atoms with Crippen LogP contribution in [0.2, 0.25) is 0 Å². The van der Waals surface area contributed by atoms with Gasteiger partial charge in [0.05, 0.1) is 12.2 Å². The third-order valence-corrected chi connectivity index (χ3v) is 3.17. The fourth-order valence-electron chi connectivity index (χ4n) is 2.14. The van der Waals surface area contributed by atoms with Crippen LogP contribution < -0.4 is 4.74 Å². The standard InChI is InChI=1S/C17H20O4/c1-19-9-4-10-20-11-12-21-17-8-7-14-5-2-3-6-15(14)16(17)13-18/h2-3,5-8,13H,4,9-12H2,1H3. The zero-order valence-electron chi connectivity index (χ0n) is 12.2. The highest BCUT2D eigenvalue weighted by Crippen LogP contribution is 2.26. The molecule has 0 spiro atoms. The van der Waals surface area contributed by atoms with E-state index in [1.807, 2.05) is 36.4 Å². The molecular weight excluding hydrogens is 268 g/mol. The van der Waals surface area contributed by atoms with Crippen molar-refractivity contribution in [1.29, 1.82) is 0 Å². The maximum atomic E-state index is 11.3. The van der Waals surface area contributed by atoms with Crippen molar-refractivity contribution in [2.75, 3.05) is 33.5 Å². The quantitative estimate of drug-likeness (QED) is 0.525. The van der Waals surface area contributed by atoms with E-state index >= 15 is 0 Å². The Morgan fingerprint density at radius 3 is 2.67 bits per heavy atom. The van der Waals surface area contributed by atoms with Crippen LogP contribution in [-0.2, 0) is 9.47 Å². The SMILES string of the molecule is COCCCOCCOc1ccc2ccccc2c1C=O. The van der Waals surface area contributed by atoms with Crippen molar-refractivity contribution in [2.24, 2.45) is 0 Å². The van der Waals surface area contributed by atoms with Crippen LogP contribution in [0.4, 0.5) is 0 Å². The van der Waals surface area contributed by atoms with Crippen LogP contribution in [0.15, 0.2) is 36.4 Å². The van der Waals surface area contributed by atoms with Gasteiger partial charge in [0.2, 0.25) is 0 Å². The lowest BCUT2D eigenvalue weighted by atomic mass is 10.0. The van der Waals surface area contributed by atoms with Crippen molar-refractivity contribution < 1.29 is 19.0 Å². The molecule has 4 nitrogen and oxygen atoms in total. The molecule has 21 heavy (non-hydrogen) atoms. The smallest absolute Gasteiger partial charge is 0.154 e. The van der Waals surface area contributed by atoms with Crippen molar-refractivity contribution in [1.82, 2.24) is 0 Å². The summed E-state index contributed by atoms with van der Waals surface area (Å²) < 4.78 is 16.0. The van der Waals surface area contributed by atoms with Crippen molar-refractivity contribution in [3.8, 4) is 5.75 Å². The normalized spacial score (nSPS) is 10.7. The first kappa shape index (κ1) is 15.5. The molecular formula is C17H20O4. The number of benzene rings is 2. The lowest BCUT2D eigenvalue weighted by Gasteiger charge is -2.11. The van der Waals surface area contributed by atoms with Gasteiger partial charge in [0.15, 0.2) is 6.29 Å². The maximum Gasteiger partial charge on any atom is 0.154 e. The van der Waals surface area contributed by atoms with E-state index in [0.717, 1.165) is 23.5 Å². The zero-order chi connectivity index (χ0) is 14.9. The third-order valence-electron chi connectivity index (χ3n) is 3.17. The molecule has 0 aliphatic rings. The van der Waals surface area contributed by atoms with Gasteiger partial charge in [-0.2, -0.15) is 0 Å². The summed E-state index contributed by atoms with van der Waals surface area (Å²) in [6.07, 6.45) is 1.71. The largest absolute Gasteiger partial charge is 0.490 e. The minimum Gasteiger partial charge on any atom is -0.490 e. The molecule has 0 saturated carbocycles. The Kier molecular flexibility index (Phi) is 6.19. The van der Waals surface area contributed by atoms with Gasteiger partial charge in [-0.25, -0.2) is 0 Å². The van der Waals surface area contributed by atoms with E-state index in [4.69, 9.17) is 14.2 Å². The van der Waals surface area contributed by atoms with Gasteiger partial charge in [-0.3, -0.25) is 4.79 Å². The predicted molar refractivity (Wildman–Crippen MR) is 82.1 cm³/mol. The Hall–Kier alpha value is -1.91. The summed E-state index contributed by atoms with van der Waals surface area (Å²) in [6, 6.07) is 11.6. The van der Waals surface area contributed by atoms with Gasteiger partial charge < -0.3 is 14.2 Å². The molecule has 4 heteroatoms. The fraction of sp³-hybridized carbons (Fsp3) is 0.353. The number of fused-ring (bicyclic) bond motifs is 1. The van der Waals surface area contributed by atoms with E-state index in [9.17, 15) is 4.79 Å². The van der Waals surface area contributed by atoms with Gasteiger partial charge in [-0.1, -0.05) is 30.3 Å². The number of carbonyl (C=O) groups is 1. The highest BCUT2D eigenvalue weighted by atomic mass is 16.5. The topological polar surface area (TPSA) is 44.8 Å². The van der Waals surface area contributed by atoms with E-state index in [1.54, 1.807) is 7.11 Å². The summed E-state index contributed by atoms with van der Waals surface area (Å²) in [5, 5.41) is 1.94. The molecule has 2 aromatic rings. The Morgan fingerprint density at radius 1 is 1.00 bits per heavy atom. The van der Waals surface area contributed by atoms with Crippen LogP contribution >= 0.6 is 0 Å². The van der Waals surface area contributed by atoms with Gasteiger partial charge in [0.25, 0.3) is 0 Å². The van der Waals surface area contributed by atoms with Crippen LogP contribution in [0.3, 0.4) is 0 Å². The molecule has 0 amide bonds. The summed E-state index contributed by atoms with van der Waals surface area (Å²) in [5.74, 6) is 0.601. The molecule has 2 rings (SSSR count). The average Bonchev–Trinajstić information content (AvgIpc) is 2.53. The Bertz CT molecular complexity index is 580. The zero-order valence-corrected chi connectivity index (χ0v) is 12.2. The molecule has 0 unspecified atom stereocenters. The number of methoxy groups -OCH3 is 1. The van der Waals surface area contributed by atoms with Crippen molar-refractivity contribution in [2.45, 2.75) is 6.42 Å². The lowest BCUT2D eigenvalue weighted by molar-refractivity contribution is 0.0803. The summed E-state index contributed by atoms with van der Waals surface area (Å²) in [5.41, 5.74) is 0.590. The molecule has 0 heterocycles. The molecule has 0 bridgehead atoms. The number of hydrogen-bond acceptors (Lipinski definition) is 4. The second-order valence-corrected chi connectivity index (χ2v) is 4.62. The number of hydrogen-bond donors (Lipinski definition) is 0. The molecule has 112 valence electrons. The van der Waals surface area contributed by atoms with Gasteiger partial charge in [0.1, 0.15) is 12.4 Å². The summed E-state index contributed by atoms with van der Waals surface area (Å²) >= 11 is 0. The molecule has 0 aliphatic heterocycles. The minimum absolute atomic E-state index is 0.423. The van der Waals surface area contributed by atoms with Crippen molar-refractivity contribution in [3.05, 3.63) is 42.0 Å². The highest BCUT2D eigenvalue weighted by molar-refractivity contribution is 6.00. The molecule has 0 aliphatic carbocycles. The van der Waals surface area contributed by atoms with E-state index in [-0.39, 0.29) is 0 Å². The van der Waals surface area contributed by atoms with E-state index < -0.39 is 0 Å². The average molecular weight is 288 g/mol. The van der Waals surface area contributed by atoms with Crippen LogP contribution in [0.25, 0.3) is 10.8 Å². The van der Waals surface area contributed by atoms with Crippen molar-refractivity contribution >= 4 is 17.1 Å². The van der Waals surface area contributed by atoms with Gasteiger partial charge >= 0.3 is 0 Å². The van der Waals surface area contributed by atoms with Crippen LogP contribution in [0.5, 0.6) is 5.75 Å². The van der Waals surface area contributed by atoms with E-state index in [0.29, 0.717) is 37.7 Å². The van der Waals surface area contributed by atoms with Crippen molar-refractivity contribution in [3.63, 3.8) is 0 Å². The third kappa shape index (κ3) is 4.28. The summed E-state index contributed by atoms with van der Waals surface area (Å²) in [6.45, 7) is 2.26. The molecule has 0 fully saturated rings.